The average molecular weight is 159 g/mol. The standard InChI is InChI=1S/C6H7O2P.H3N/c7-9(8)6-4-2-1-3-5-6;/h1-5,9H,(H,7,8);1H3. The van der Waals surface area contributed by atoms with E-state index >= 15 is 0 Å². The van der Waals surface area contributed by atoms with Crippen molar-refractivity contribution in [2.24, 2.45) is 0 Å². The lowest BCUT2D eigenvalue weighted by molar-refractivity contribution is 0.513. The summed E-state index contributed by atoms with van der Waals surface area (Å²) in [5.74, 6) is 0. The lowest BCUT2D eigenvalue weighted by Gasteiger charge is -1.90. The fourth-order valence-corrected chi connectivity index (χ4v) is 1.06. The maximum atomic E-state index is 10.4. The van der Waals surface area contributed by atoms with Gasteiger partial charge in [0, 0.05) is 5.30 Å². The van der Waals surface area contributed by atoms with Crippen molar-refractivity contribution in [2.75, 3.05) is 0 Å². The number of hydrogen-bond donors (Lipinski definition) is 2. The van der Waals surface area contributed by atoms with Crippen molar-refractivity contribution in [1.29, 1.82) is 0 Å². The van der Waals surface area contributed by atoms with Gasteiger partial charge in [0.1, 0.15) is 0 Å². The zero-order valence-electron chi connectivity index (χ0n) is 5.45. The maximum Gasteiger partial charge on any atom is 0.218 e. The summed E-state index contributed by atoms with van der Waals surface area (Å²) in [4.78, 5) is 8.57. The topological polar surface area (TPSA) is 72.3 Å². The summed E-state index contributed by atoms with van der Waals surface area (Å²) in [6, 6.07) is 8.58. The van der Waals surface area contributed by atoms with Gasteiger partial charge in [0.2, 0.25) is 8.03 Å². The van der Waals surface area contributed by atoms with Crippen LogP contribution in [0.4, 0.5) is 0 Å². The van der Waals surface area contributed by atoms with E-state index < -0.39 is 8.03 Å². The molecule has 0 bridgehead atoms. The van der Waals surface area contributed by atoms with E-state index in [2.05, 4.69) is 0 Å². The molecule has 0 heterocycles. The first-order valence-corrected chi connectivity index (χ1v) is 3.94. The first-order chi connectivity index (χ1) is 4.30. The van der Waals surface area contributed by atoms with E-state index in [0.29, 0.717) is 5.30 Å². The summed E-state index contributed by atoms with van der Waals surface area (Å²) >= 11 is 0. The Hall–Kier alpha value is -0.630. The largest absolute Gasteiger partial charge is 0.344 e. The van der Waals surface area contributed by atoms with Crippen LogP contribution in [-0.2, 0) is 4.57 Å². The molecule has 0 aliphatic heterocycles. The van der Waals surface area contributed by atoms with Gasteiger partial charge in [-0.05, 0) is 12.1 Å². The van der Waals surface area contributed by atoms with Crippen molar-refractivity contribution >= 4 is 13.3 Å². The van der Waals surface area contributed by atoms with Crippen LogP contribution in [0, 0.1) is 0 Å². The van der Waals surface area contributed by atoms with Crippen LogP contribution in [0.25, 0.3) is 0 Å². The zero-order valence-corrected chi connectivity index (χ0v) is 6.45. The zero-order chi connectivity index (χ0) is 6.69. The molecule has 4 heteroatoms. The normalized spacial score (nSPS) is 11.7. The molecule has 0 amide bonds. The van der Waals surface area contributed by atoms with Crippen molar-refractivity contribution < 1.29 is 9.46 Å². The van der Waals surface area contributed by atoms with E-state index in [9.17, 15) is 4.57 Å². The predicted molar refractivity (Wildman–Crippen MR) is 42.3 cm³/mol. The molecule has 1 rings (SSSR count). The lowest BCUT2D eigenvalue weighted by Crippen LogP contribution is -1.91. The molecule has 56 valence electrons. The predicted octanol–water partition coefficient (Wildman–Crippen LogP) is 0.941. The van der Waals surface area contributed by atoms with Gasteiger partial charge in [0.05, 0.1) is 0 Å². The van der Waals surface area contributed by atoms with Crippen LogP contribution in [0.5, 0.6) is 0 Å². The molecular weight excluding hydrogens is 149 g/mol. The molecule has 4 N–H and O–H groups in total. The van der Waals surface area contributed by atoms with Gasteiger partial charge in [-0.15, -0.1) is 0 Å². The maximum absolute atomic E-state index is 10.4. The Bertz CT molecular complexity index is 212. The molecule has 1 atom stereocenters. The fourth-order valence-electron chi connectivity index (χ4n) is 0.581. The molecule has 3 nitrogen and oxygen atoms in total. The van der Waals surface area contributed by atoms with Crippen molar-refractivity contribution in [3.63, 3.8) is 0 Å². The van der Waals surface area contributed by atoms with Crippen LogP contribution >= 0.6 is 8.03 Å². The Morgan fingerprint density at radius 2 is 1.70 bits per heavy atom. The summed E-state index contributed by atoms with van der Waals surface area (Å²) in [6.45, 7) is 0. The molecule has 0 radical (unpaired) electrons. The lowest BCUT2D eigenvalue weighted by atomic mass is 10.4. The molecular formula is C6H10NO2P. The summed E-state index contributed by atoms with van der Waals surface area (Å²) in [7, 11) is -2.46. The third-order valence-electron chi connectivity index (χ3n) is 1.02. The second-order valence-corrected chi connectivity index (χ2v) is 2.86. The Kier molecular flexibility index (Phi) is 3.96. The SMILES string of the molecule is N.O=[PH](O)c1ccccc1. The molecule has 0 aliphatic carbocycles. The smallest absolute Gasteiger partial charge is 0.218 e. The first kappa shape index (κ1) is 9.37. The van der Waals surface area contributed by atoms with Crippen LogP contribution in [0.15, 0.2) is 30.3 Å². The van der Waals surface area contributed by atoms with Gasteiger partial charge in [-0.1, -0.05) is 18.2 Å². The van der Waals surface area contributed by atoms with Gasteiger partial charge in [-0.3, -0.25) is 4.57 Å². The second kappa shape index (κ2) is 4.23. The number of rotatable bonds is 1. The van der Waals surface area contributed by atoms with Gasteiger partial charge in [0.25, 0.3) is 0 Å². The van der Waals surface area contributed by atoms with Crippen LogP contribution < -0.4 is 11.5 Å². The van der Waals surface area contributed by atoms with Crippen LogP contribution in [0.2, 0.25) is 0 Å². The third kappa shape index (κ3) is 2.31. The van der Waals surface area contributed by atoms with Crippen molar-refractivity contribution in [3.05, 3.63) is 30.3 Å². The van der Waals surface area contributed by atoms with E-state index in [1.807, 2.05) is 6.07 Å². The quantitative estimate of drug-likeness (QED) is 0.599. The van der Waals surface area contributed by atoms with E-state index in [4.69, 9.17) is 4.89 Å². The van der Waals surface area contributed by atoms with Gasteiger partial charge < -0.3 is 11.0 Å². The van der Waals surface area contributed by atoms with E-state index in [0.717, 1.165) is 0 Å². The van der Waals surface area contributed by atoms with Crippen LogP contribution in [0.1, 0.15) is 0 Å². The molecule has 0 saturated carbocycles. The first-order valence-electron chi connectivity index (χ1n) is 2.59. The Morgan fingerprint density at radius 3 is 2.00 bits per heavy atom. The minimum atomic E-state index is -2.46. The fraction of sp³-hybridized carbons (Fsp3) is 0. The summed E-state index contributed by atoms with van der Waals surface area (Å²) < 4.78 is 10.4. The molecule has 0 fully saturated rings. The van der Waals surface area contributed by atoms with Crippen molar-refractivity contribution in [1.82, 2.24) is 6.15 Å². The molecule has 1 aromatic rings. The minimum absolute atomic E-state index is 0. The molecule has 0 aromatic heterocycles. The second-order valence-electron chi connectivity index (χ2n) is 1.67. The number of benzene rings is 1. The van der Waals surface area contributed by atoms with E-state index in [-0.39, 0.29) is 6.15 Å². The third-order valence-corrected chi connectivity index (χ3v) is 1.85. The molecule has 10 heavy (non-hydrogen) atoms. The Morgan fingerprint density at radius 1 is 1.20 bits per heavy atom. The molecule has 1 aromatic carbocycles. The van der Waals surface area contributed by atoms with Crippen LogP contribution in [-0.4, -0.2) is 4.89 Å². The van der Waals surface area contributed by atoms with E-state index in [1.165, 1.54) is 0 Å². The number of hydrogen-bond acceptors (Lipinski definition) is 2. The molecule has 0 aliphatic rings. The average Bonchev–Trinajstić information content (AvgIpc) is 1.90. The summed E-state index contributed by atoms with van der Waals surface area (Å²) in [6.07, 6.45) is 0. The van der Waals surface area contributed by atoms with Crippen molar-refractivity contribution in [3.8, 4) is 0 Å². The minimum Gasteiger partial charge on any atom is -0.344 e. The monoisotopic (exact) mass is 159 g/mol. The highest BCUT2D eigenvalue weighted by Gasteiger charge is 1.92. The highest BCUT2D eigenvalue weighted by molar-refractivity contribution is 7.47. The van der Waals surface area contributed by atoms with Gasteiger partial charge in [0.15, 0.2) is 0 Å². The summed E-state index contributed by atoms with van der Waals surface area (Å²) in [5, 5.41) is 0.516. The van der Waals surface area contributed by atoms with Gasteiger partial charge in [-0.2, -0.15) is 0 Å². The van der Waals surface area contributed by atoms with Crippen LogP contribution in [0.3, 0.4) is 0 Å². The van der Waals surface area contributed by atoms with E-state index in [1.54, 1.807) is 24.3 Å². The molecule has 1 unspecified atom stereocenters. The Balaban J connectivity index is 0.000000810. The van der Waals surface area contributed by atoms with Gasteiger partial charge in [-0.25, -0.2) is 0 Å². The highest BCUT2D eigenvalue weighted by Crippen LogP contribution is 2.10. The molecule has 0 spiro atoms. The summed E-state index contributed by atoms with van der Waals surface area (Å²) in [5.41, 5.74) is 0. The van der Waals surface area contributed by atoms with Crippen molar-refractivity contribution in [2.45, 2.75) is 0 Å². The molecule has 0 saturated heterocycles. The Labute approximate surface area is 60.2 Å². The highest BCUT2D eigenvalue weighted by atomic mass is 31.1. The van der Waals surface area contributed by atoms with Gasteiger partial charge >= 0.3 is 0 Å².